The smallest absolute Gasteiger partial charge is 0.335 e. The number of anilines is 1. The van der Waals surface area contributed by atoms with Gasteiger partial charge in [-0.25, -0.2) is 4.79 Å². The molecule has 0 bridgehead atoms. The summed E-state index contributed by atoms with van der Waals surface area (Å²) in [6.07, 6.45) is 2.13. The second-order valence-corrected chi connectivity index (χ2v) is 5.70. The lowest BCUT2D eigenvalue weighted by Gasteiger charge is -2.06. The number of rotatable bonds is 7. The van der Waals surface area contributed by atoms with Crippen LogP contribution in [0, 0.1) is 18.3 Å². The molecular formula is C20H19N3O3. The van der Waals surface area contributed by atoms with Crippen molar-refractivity contribution < 1.29 is 14.7 Å². The van der Waals surface area contributed by atoms with E-state index in [1.54, 1.807) is 6.07 Å². The standard InChI is InChI=1S/C20H19N3O3/c1-14-5-7-15(8-6-14)9-10-22-13-17(12-21)19(24)23-18-4-2-3-16(11-18)20(25)26/h2-8,11,13,22H,9-10H2,1H3,(H,23,24)(H,25,26)/b17-13-. The van der Waals surface area contributed by atoms with Gasteiger partial charge in [0.05, 0.1) is 5.56 Å². The predicted octanol–water partition coefficient (Wildman–Crippen LogP) is 2.87. The average molecular weight is 349 g/mol. The summed E-state index contributed by atoms with van der Waals surface area (Å²) in [6, 6.07) is 15.8. The summed E-state index contributed by atoms with van der Waals surface area (Å²) in [4.78, 5) is 23.1. The quantitative estimate of drug-likeness (QED) is 0.405. The van der Waals surface area contributed by atoms with Crippen LogP contribution in [0.3, 0.4) is 0 Å². The van der Waals surface area contributed by atoms with E-state index in [0.717, 1.165) is 12.0 Å². The Morgan fingerprint density at radius 2 is 1.92 bits per heavy atom. The molecule has 0 aromatic heterocycles. The predicted molar refractivity (Wildman–Crippen MR) is 98.6 cm³/mol. The van der Waals surface area contributed by atoms with E-state index >= 15 is 0 Å². The van der Waals surface area contributed by atoms with E-state index in [0.29, 0.717) is 12.2 Å². The molecule has 3 N–H and O–H groups in total. The van der Waals surface area contributed by atoms with Gasteiger partial charge in [-0.3, -0.25) is 4.79 Å². The molecule has 2 rings (SSSR count). The van der Waals surface area contributed by atoms with E-state index in [4.69, 9.17) is 10.4 Å². The highest BCUT2D eigenvalue weighted by atomic mass is 16.4. The van der Waals surface area contributed by atoms with Crippen molar-refractivity contribution in [1.29, 1.82) is 5.26 Å². The number of amides is 1. The fraction of sp³-hybridized carbons (Fsp3) is 0.150. The van der Waals surface area contributed by atoms with Crippen molar-refractivity contribution in [3.05, 3.63) is 77.0 Å². The number of hydrogen-bond acceptors (Lipinski definition) is 4. The van der Waals surface area contributed by atoms with Gasteiger partial charge in [-0.05, 0) is 37.1 Å². The Labute approximate surface area is 151 Å². The Morgan fingerprint density at radius 1 is 1.19 bits per heavy atom. The molecule has 6 nitrogen and oxygen atoms in total. The maximum absolute atomic E-state index is 12.1. The molecule has 2 aromatic carbocycles. The molecule has 0 aliphatic carbocycles. The molecule has 0 saturated heterocycles. The van der Waals surface area contributed by atoms with E-state index in [2.05, 4.69) is 10.6 Å². The highest BCUT2D eigenvalue weighted by molar-refractivity contribution is 6.06. The zero-order valence-corrected chi connectivity index (χ0v) is 14.3. The second kappa shape index (κ2) is 9.04. The minimum Gasteiger partial charge on any atom is -0.478 e. The first-order valence-electron chi connectivity index (χ1n) is 8.03. The number of hydrogen-bond donors (Lipinski definition) is 3. The number of carboxylic acids is 1. The van der Waals surface area contributed by atoms with Crippen molar-refractivity contribution in [2.75, 3.05) is 11.9 Å². The van der Waals surface area contributed by atoms with Crippen LogP contribution in [0.5, 0.6) is 0 Å². The molecular weight excluding hydrogens is 330 g/mol. The molecule has 0 radical (unpaired) electrons. The second-order valence-electron chi connectivity index (χ2n) is 5.70. The van der Waals surface area contributed by atoms with Gasteiger partial charge in [-0.2, -0.15) is 5.26 Å². The van der Waals surface area contributed by atoms with Crippen LogP contribution in [0.4, 0.5) is 5.69 Å². The van der Waals surface area contributed by atoms with Crippen LogP contribution in [-0.4, -0.2) is 23.5 Å². The SMILES string of the molecule is Cc1ccc(CCN/C=C(/C#N)C(=O)Nc2cccc(C(=O)O)c2)cc1. The third-order valence-corrected chi connectivity index (χ3v) is 3.66. The molecule has 2 aromatic rings. The zero-order chi connectivity index (χ0) is 18.9. The van der Waals surface area contributed by atoms with Gasteiger partial charge in [0.25, 0.3) is 5.91 Å². The number of aryl methyl sites for hydroxylation is 1. The van der Waals surface area contributed by atoms with Crippen LogP contribution in [0.15, 0.2) is 60.3 Å². The van der Waals surface area contributed by atoms with E-state index in [9.17, 15) is 9.59 Å². The van der Waals surface area contributed by atoms with Gasteiger partial charge in [-0.1, -0.05) is 35.9 Å². The van der Waals surface area contributed by atoms with Crippen molar-refractivity contribution in [2.45, 2.75) is 13.3 Å². The highest BCUT2D eigenvalue weighted by Crippen LogP contribution is 2.12. The van der Waals surface area contributed by atoms with Gasteiger partial charge in [0, 0.05) is 18.4 Å². The van der Waals surface area contributed by atoms with E-state index < -0.39 is 11.9 Å². The van der Waals surface area contributed by atoms with Crippen LogP contribution in [-0.2, 0) is 11.2 Å². The highest BCUT2D eigenvalue weighted by Gasteiger charge is 2.10. The van der Waals surface area contributed by atoms with E-state index in [1.807, 2.05) is 37.3 Å². The molecule has 26 heavy (non-hydrogen) atoms. The summed E-state index contributed by atoms with van der Waals surface area (Å²) in [5.41, 5.74) is 2.63. The minimum absolute atomic E-state index is 0.0570. The number of nitriles is 1. The topological polar surface area (TPSA) is 102 Å². The van der Waals surface area contributed by atoms with Gasteiger partial charge in [0.2, 0.25) is 0 Å². The number of aromatic carboxylic acids is 1. The molecule has 0 unspecified atom stereocenters. The number of nitrogens with zero attached hydrogens (tertiary/aromatic N) is 1. The van der Waals surface area contributed by atoms with Crippen LogP contribution in [0.1, 0.15) is 21.5 Å². The molecule has 1 amide bonds. The van der Waals surface area contributed by atoms with Gasteiger partial charge < -0.3 is 15.7 Å². The molecule has 6 heteroatoms. The first kappa shape index (κ1) is 18.7. The molecule has 132 valence electrons. The fourth-order valence-electron chi connectivity index (χ4n) is 2.22. The summed E-state index contributed by atoms with van der Waals surface area (Å²) < 4.78 is 0. The molecule has 0 heterocycles. The van der Waals surface area contributed by atoms with Crippen LogP contribution in [0.25, 0.3) is 0 Å². The Balaban J connectivity index is 1.92. The number of carbonyl (C=O) groups is 2. The molecule has 0 aliphatic rings. The first-order chi connectivity index (χ1) is 12.5. The van der Waals surface area contributed by atoms with Crippen molar-refractivity contribution >= 4 is 17.6 Å². The van der Waals surface area contributed by atoms with Gasteiger partial charge in [0.1, 0.15) is 11.6 Å². The number of benzene rings is 2. The average Bonchev–Trinajstić information content (AvgIpc) is 2.63. The molecule has 0 atom stereocenters. The zero-order valence-electron chi connectivity index (χ0n) is 14.3. The number of carbonyl (C=O) groups excluding carboxylic acids is 1. The Kier molecular flexibility index (Phi) is 6.52. The monoisotopic (exact) mass is 349 g/mol. The lowest BCUT2D eigenvalue weighted by atomic mass is 10.1. The van der Waals surface area contributed by atoms with E-state index in [1.165, 1.54) is 30.0 Å². The van der Waals surface area contributed by atoms with Gasteiger partial charge in [0.15, 0.2) is 0 Å². The number of carboxylic acid groups (broad SMARTS) is 1. The Morgan fingerprint density at radius 3 is 2.58 bits per heavy atom. The lowest BCUT2D eigenvalue weighted by Crippen LogP contribution is -2.18. The fourth-order valence-corrected chi connectivity index (χ4v) is 2.22. The molecule has 0 fully saturated rings. The summed E-state index contributed by atoms with van der Waals surface area (Å²) in [5.74, 6) is -1.69. The van der Waals surface area contributed by atoms with Crippen LogP contribution >= 0.6 is 0 Å². The van der Waals surface area contributed by atoms with Crippen LogP contribution < -0.4 is 10.6 Å². The largest absolute Gasteiger partial charge is 0.478 e. The summed E-state index contributed by atoms with van der Waals surface area (Å²) in [5, 5.41) is 23.6. The summed E-state index contributed by atoms with van der Waals surface area (Å²) in [6.45, 7) is 2.60. The minimum atomic E-state index is -1.09. The maximum Gasteiger partial charge on any atom is 0.335 e. The van der Waals surface area contributed by atoms with Gasteiger partial charge >= 0.3 is 5.97 Å². The van der Waals surface area contributed by atoms with Gasteiger partial charge in [-0.15, -0.1) is 0 Å². The molecule has 0 spiro atoms. The van der Waals surface area contributed by atoms with Crippen molar-refractivity contribution in [1.82, 2.24) is 5.32 Å². The Hall–Kier alpha value is -3.59. The third-order valence-electron chi connectivity index (χ3n) is 3.66. The van der Waals surface area contributed by atoms with Crippen molar-refractivity contribution in [3.63, 3.8) is 0 Å². The Bertz CT molecular complexity index is 865. The first-order valence-corrected chi connectivity index (χ1v) is 8.03. The molecule has 0 saturated carbocycles. The van der Waals surface area contributed by atoms with Crippen molar-refractivity contribution in [3.8, 4) is 6.07 Å². The lowest BCUT2D eigenvalue weighted by molar-refractivity contribution is -0.112. The number of nitrogens with one attached hydrogen (secondary N) is 2. The normalized spacial score (nSPS) is 10.7. The van der Waals surface area contributed by atoms with E-state index in [-0.39, 0.29) is 11.1 Å². The van der Waals surface area contributed by atoms with Crippen LogP contribution in [0.2, 0.25) is 0 Å². The third kappa shape index (κ3) is 5.49. The summed E-state index contributed by atoms with van der Waals surface area (Å²) in [7, 11) is 0. The van der Waals surface area contributed by atoms with Crippen molar-refractivity contribution in [2.24, 2.45) is 0 Å². The molecule has 0 aliphatic heterocycles. The maximum atomic E-state index is 12.1. The summed E-state index contributed by atoms with van der Waals surface area (Å²) >= 11 is 0.